The van der Waals surface area contributed by atoms with Crippen molar-refractivity contribution in [3.63, 3.8) is 0 Å². The lowest BCUT2D eigenvalue weighted by atomic mass is 10.1. The van der Waals surface area contributed by atoms with Gasteiger partial charge in [-0.1, -0.05) is 61.2 Å². The van der Waals surface area contributed by atoms with Crippen molar-refractivity contribution in [1.29, 1.82) is 0 Å². The summed E-state index contributed by atoms with van der Waals surface area (Å²) in [6, 6.07) is 22.7. The van der Waals surface area contributed by atoms with Crippen molar-refractivity contribution < 1.29 is 4.74 Å². The second-order valence-corrected chi connectivity index (χ2v) is 5.58. The van der Waals surface area contributed by atoms with Gasteiger partial charge in [-0.25, -0.2) is 0 Å². The lowest BCUT2D eigenvalue weighted by Crippen LogP contribution is -1.95. The molecule has 2 nitrogen and oxygen atoms in total. The molecule has 1 aromatic heterocycles. The molecule has 2 heteroatoms. The molecular weight excluding hydrogens is 282 g/mol. The van der Waals surface area contributed by atoms with Gasteiger partial charge in [0.05, 0.1) is 5.52 Å². The van der Waals surface area contributed by atoms with Crippen molar-refractivity contribution in [1.82, 2.24) is 4.98 Å². The molecule has 0 atom stereocenters. The van der Waals surface area contributed by atoms with Gasteiger partial charge < -0.3 is 9.72 Å². The van der Waals surface area contributed by atoms with E-state index in [-0.39, 0.29) is 0 Å². The van der Waals surface area contributed by atoms with Crippen LogP contribution in [0.1, 0.15) is 11.1 Å². The monoisotopic (exact) mass is 299 g/mol. The predicted octanol–water partition coefficient (Wildman–Crippen LogP) is 5.54. The Morgan fingerprint density at radius 3 is 2.48 bits per heavy atom. The third kappa shape index (κ3) is 2.49. The number of H-pyrrole nitrogens is 1. The molecule has 0 amide bonds. The maximum atomic E-state index is 6.10. The summed E-state index contributed by atoms with van der Waals surface area (Å²) in [7, 11) is 0. The Bertz CT molecular complexity index is 980. The van der Waals surface area contributed by atoms with Crippen molar-refractivity contribution in [2.75, 3.05) is 0 Å². The van der Waals surface area contributed by atoms with Gasteiger partial charge in [0, 0.05) is 16.3 Å². The van der Waals surface area contributed by atoms with Crippen LogP contribution in [0.2, 0.25) is 0 Å². The fourth-order valence-electron chi connectivity index (χ4n) is 2.90. The average molecular weight is 299 g/mol. The normalized spacial score (nSPS) is 11.0. The molecule has 0 radical (unpaired) electrons. The van der Waals surface area contributed by atoms with Gasteiger partial charge >= 0.3 is 0 Å². The molecule has 23 heavy (non-hydrogen) atoms. The fourth-order valence-corrected chi connectivity index (χ4v) is 2.90. The molecule has 1 N–H and O–H groups in total. The van der Waals surface area contributed by atoms with Crippen LogP contribution >= 0.6 is 0 Å². The highest BCUT2D eigenvalue weighted by molar-refractivity contribution is 6.10. The molecule has 112 valence electrons. The third-order valence-corrected chi connectivity index (χ3v) is 4.10. The van der Waals surface area contributed by atoms with Crippen LogP contribution in [0.15, 0.2) is 73.3 Å². The second-order valence-electron chi connectivity index (χ2n) is 5.58. The summed E-state index contributed by atoms with van der Waals surface area (Å²) in [6.45, 7) is 4.33. The summed E-state index contributed by atoms with van der Waals surface area (Å²) in [5.41, 5.74) is 4.50. The number of rotatable bonds is 4. The first-order valence-electron chi connectivity index (χ1n) is 7.69. The van der Waals surface area contributed by atoms with Crippen molar-refractivity contribution in [2.45, 2.75) is 6.61 Å². The van der Waals surface area contributed by atoms with Crippen LogP contribution in [0, 0.1) is 0 Å². The minimum Gasteiger partial charge on any atom is -0.488 e. The Morgan fingerprint density at radius 2 is 1.65 bits per heavy atom. The summed E-state index contributed by atoms with van der Waals surface area (Å²) in [4.78, 5) is 3.44. The molecular formula is C21H17NO. The average Bonchev–Trinajstić information content (AvgIpc) is 2.99. The van der Waals surface area contributed by atoms with Gasteiger partial charge in [-0.05, 0) is 29.3 Å². The van der Waals surface area contributed by atoms with E-state index in [1.807, 2.05) is 24.3 Å². The maximum absolute atomic E-state index is 6.10. The molecule has 0 aliphatic carbocycles. The van der Waals surface area contributed by atoms with Crippen LogP contribution < -0.4 is 4.74 Å². The van der Waals surface area contributed by atoms with E-state index in [4.69, 9.17) is 4.74 Å². The maximum Gasteiger partial charge on any atom is 0.129 e. The zero-order valence-electron chi connectivity index (χ0n) is 12.8. The first-order chi connectivity index (χ1) is 11.3. The first-order valence-corrected chi connectivity index (χ1v) is 7.69. The Kier molecular flexibility index (Phi) is 3.35. The quantitative estimate of drug-likeness (QED) is 0.525. The van der Waals surface area contributed by atoms with Gasteiger partial charge in [0.2, 0.25) is 0 Å². The van der Waals surface area contributed by atoms with Crippen molar-refractivity contribution in [3.05, 3.63) is 84.4 Å². The third-order valence-electron chi connectivity index (χ3n) is 4.10. The molecule has 0 saturated heterocycles. The number of ether oxygens (including phenoxy) is 1. The Morgan fingerprint density at radius 1 is 0.870 bits per heavy atom. The van der Waals surface area contributed by atoms with E-state index in [1.165, 1.54) is 5.39 Å². The summed E-state index contributed by atoms with van der Waals surface area (Å²) in [5.74, 6) is 0.910. The lowest BCUT2D eigenvalue weighted by Gasteiger charge is -2.08. The summed E-state index contributed by atoms with van der Waals surface area (Å²) in [5, 5.41) is 2.34. The number of benzene rings is 3. The fraction of sp³-hybridized carbons (Fsp3) is 0.0476. The van der Waals surface area contributed by atoms with E-state index in [0.717, 1.165) is 33.3 Å². The molecule has 0 spiro atoms. The van der Waals surface area contributed by atoms with Crippen molar-refractivity contribution in [3.8, 4) is 5.75 Å². The van der Waals surface area contributed by atoms with Crippen LogP contribution in [0.3, 0.4) is 0 Å². The van der Waals surface area contributed by atoms with Gasteiger partial charge in [0.25, 0.3) is 0 Å². The van der Waals surface area contributed by atoms with Crippen molar-refractivity contribution in [2.24, 2.45) is 0 Å². The Balaban J connectivity index is 1.69. The van der Waals surface area contributed by atoms with Crippen LogP contribution in [0.4, 0.5) is 0 Å². The minimum atomic E-state index is 0.552. The van der Waals surface area contributed by atoms with Crippen LogP contribution in [-0.2, 0) is 6.61 Å². The smallest absolute Gasteiger partial charge is 0.129 e. The number of nitrogens with one attached hydrogen (secondary N) is 1. The van der Waals surface area contributed by atoms with Gasteiger partial charge in [-0.3, -0.25) is 0 Å². The zero-order chi connectivity index (χ0) is 15.6. The van der Waals surface area contributed by atoms with Gasteiger partial charge in [-0.15, -0.1) is 0 Å². The molecule has 0 saturated carbocycles. The largest absolute Gasteiger partial charge is 0.488 e. The SMILES string of the molecule is C=Cc1ccc(COc2cccc3[nH]c4ccccc4c23)cc1. The molecule has 0 bridgehead atoms. The predicted molar refractivity (Wildman–Crippen MR) is 96.7 cm³/mol. The number of fused-ring (bicyclic) bond motifs is 3. The Hall–Kier alpha value is -3.00. The number of para-hydroxylation sites is 1. The topological polar surface area (TPSA) is 25.0 Å². The number of aromatic nitrogens is 1. The number of hydrogen-bond donors (Lipinski definition) is 1. The highest BCUT2D eigenvalue weighted by Gasteiger charge is 2.09. The van der Waals surface area contributed by atoms with E-state index in [9.17, 15) is 0 Å². The van der Waals surface area contributed by atoms with E-state index >= 15 is 0 Å². The number of hydrogen-bond acceptors (Lipinski definition) is 1. The van der Waals surface area contributed by atoms with E-state index in [1.54, 1.807) is 0 Å². The highest BCUT2D eigenvalue weighted by Crippen LogP contribution is 2.33. The van der Waals surface area contributed by atoms with E-state index in [0.29, 0.717) is 6.61 Å². The number of aromatic amines is 1. The van der Waals surface area contributed by atoms with Crippen LogP contribution in [0.5, 0.6) is 5.75 Å². The molecule has 4 aromatic rings. The summed E-state index contributed by atoms with van der Waals surface area (Å²) in [6.07, 6.45) is 1.84. The molecule has 1 heterocycles. The van der Waals surface area contributed by atoms with Crippen molar-refractivity contribution >= 4 is 27.9 Å². The molecule has 0 unspecified atom stereocenters. The molecule has 3 aromatic carbocycles. The molecule has 0 aliphatic rings. The standard InChI is InChI=1S/C21H17NO/c1-2-15-10-12-16(13-11-15)14-23-20-9-5-8-19-21(20)17-6-3-4-7-18(17)22-19/h2-13,22H,1,14H2. The van der Waals surface area contributed by atoms with Gasteiger partial charge in [0.1, 0.15) is 12.4 Å². The summed E-state index contributed by atoms with van der Waals surface area (Å²) < 4.78 is 6.10. The van der Waals surface area contributed by atoms with Gasteiger partial charge in [-0.2, -0.15) is 0 Å². The highest BCUT2D eigenvalue weighted by atomic mass is 16.5. The van der Waals surface area contributed by atoms with Crippen LogP contribution in [-0.4, -0.2) is 4.98 Å². The van der Waals surface area contributed by atoms with Gasteiger partial charge in [0.15, 0.2) is 0 Å². The molecule has 0 fully saturated rings. The second kappa shape index (κ2) is 5.65. The first kappa shape index (κ1) is 13.6. The summed E-state index contributed by atoms with van der Waals surface area (Å²) >= 11 is 0. The lowest BCUT2D eigenvalue weighted by molar-refractivity contribution is 0.310. The molecule has 4 rings (SSSR count). The van der Waals surface area contributed by atoms with Crippen LogP contribution in [0.25, 0.3) is 27.9 Å². The van der Waals surface area contributed by atoms with E-state index in [2.05, 4.69) is 60.1 Å². The molecule has 0 aliphatic heterocycles. The Labute approximate surface area is 135 Å². The minimum absolute atomic E-state index is 0.552. The zero-order valence-corrected chi connectivity index (χ0v) is 12.8. The van der Waals surface area contributed by atoms with E-state index < -0.39 is 0 Å².